The maximum Gasteiger partial charge on any atom is 0.108 e. The molecule has 2 aliphatic heterocycles. The van der Waals surface area contributed by atoms with Crippen molar-refractivity contribution in [3.05, 3.63) is 64.2 Å². The fraction of sp³-hybridized carbons (Fsp3) is 0.458. The molecule has 2 aromatic rings. The Labute approximate surface area is 179 Å². The first-order valence-electron chi connectivity index (χ1n) is 10.6. The Bertz CT molecular complexity index is 884. The lowest BCUT2D eigenvalue weighted by atomic mass is 9.70. The number of aliphatic imine (C=N–C) groups is 1. The Morgan fingerprint density at radius 2 is 1.90 bits per heavy atom. The first kappa shape index (κ1) is 20.4. The third-order valence-corrected chi connectivity index (χ3v) is 6.44. The lowest BCUT2D eigenvalue weighted by Crippen LogP contribution is -2.49. The van der Waals surface area contributed by atoms with Gasteiger partial charge < -0.3 is 15.5 Å². The molecular formula is C24H31ClN4. The second-order valence-corrected chi connectivity index (χ2v) is 9.07. The van der Waals surface area contributed by atoms with Crippen LogP contribution in [0.1, 0.15) is 29.5 Å². The van der Waals surface area contributed by atoms with Crippen molar-refractivity contribution >= 4 is 23.1 Å². The summed E-state index contributed by atoms with van der Waals surface area (Å²) in [7, 11) is 4.26. The van der Waals surface area contributed by atoms with E-state index < -0.39 is 0 Å². The summed E-state index contributed by atoms with van der Waals surface area (Å²) >= 11 is 6.18. The molecule has 29 heavy (non-hydrogen) atoms. The van der Waals surface area contributed by atoms with E-state index in [1.165, 1.54) is 16.8 Å². The first-order chi connectivity index (χ1) is 14.1. The highest BCUT2D eigenvalue weighted by molar-refractivity contribution is 6.30. The molecule has 2 N–H and O–H groups in total. The van der Waals surface area contributed by atoms with Gasteiger partial charge in [0, 0.05) is 22.7 Å². The van der Waals surface area contributed by atoms with Gasteiger partial charge in [0.1, 0.15) is 5.84 Å². The smallest absolute Gasteiger partial charge is 0.108 e. The molecule has 4 rings (SSSR count). The van der Waals surface area contributed by atoms with E-state index in [1.54, 1.807) is 0 Å². The molecule has 2 aliphatic rings. The van der Waals surface area contributed by atoms with Gasteiger partial charge in [0.25, 0.3) is 0 Å². The molecule has 1 saturated heterocycles. The number of likely N-dealkylation sites (N-methyl/N-ethyl adjacent to an activating group) is 1. The molecule has 4 nitrogen and oxygen atoms in total. The van der Waals surface area contributed by atoms with Gasteiger partial charge in [0.15, 0.2) is 0 Å². The van der Waals surface area contributed by atoms with Crippen molar-refractivity contribution in [2.75, 3.05) is 39.0 Å². The van der Waals surface area contributed by atoms with Crippen LogP contribution in [0.15, 0.2) is 47.5 Å². The van der Waals surface area contributed by atoms with Crippen LogP contribution in [0.3, 0.4) is 0 Å². The summed E-state index contributed by atoms with van der Waals surface area (Å²) in [5, 5.41) is 8.10. The summed E-state index contributed by atoms with van der Waals surface area (Å²) in [5.41, 5.74) is 5.36. The van der Waals surface area contributed by atoms with Gasteiger partial charge in [0.05, 0.1) is 6.54 Å². The van der Waals surface area contributed by atoms with Crippen molar-refractivity contribution in [2.45, 2.75) is 32.2 Å². The van der Waals surface area contributed by atoms with E-state index in [9.17, 15) is 0 Å². The van der Waals surface area contributed by atoms with Gasteiger partial charge in [-0.1, -0.05) is 41.9 Å². The number of nitrogens with one attached hydrogen (secondary N) is 2. The van der Waals surface area contributed by atoms with Crippen molar-refractivity contribution in [1.82, 2.24) is 10.2 Å². The number of para-hydroxylation sites is 1. The average Bonchev–Trinajstić information content (AvgIpc) is 2.71. The van der Waals surface area contributed by atoms with E-state index in [0.717, 1.165) is 61.7 Å². The number of fused-ring (bicyclic) bond motifs is 1. The summed E-state index contributed by atoms with van der Waals surface area (Å²) < 4.78 is 0. The Balaban J connectivity index is 1.66. The molecule has 0 unspecified atom stereocenters. The lowest BCUT2D eigenvalue weighted by molar-refractivity contribution is 0.293. The number of amidine groups is 1. The molecule has 0 radical (unpaired) electrons. The first-order valence-corrected chi connectivity index (χ1v) is 11.0. The van der Waals surface area contributed by atoms with E-state index in [4.69, 9.17) is 16.6 Å². The summed E-state index contributed by atoms with van der Waals surface area (Å²) in [5.74, 6) is 1.16. The SMILES string of the molecule is CN(C)CCc1cccc2c1NC(=NCc1cccc(Cl)c1)C1(CCNCC1)C2. The fourth-order valence-corrected chi connectivity index (χ4v) is 4.76. The van der Waals surface area contributed by atoms with Gasteiger partial charge in [0.2, 0.25) is 0 Å². The highest BCUT2D eigenvalue weighted by Crippen LogP contribution is 2.42. The normalized spacial score (nSPS) is 19.4. The zero-order chi connectivity index (χ0) is 20.3. The number of piperidine rings is 1. The Hall–Kier alpha value is -1.88. The summed E-state index contributed by atoms with van der Waals surface area (Å²) in [6.07, 6.45) is 4.35. The minimum Gasteiger partial charge on any atom is -0.343 e. The Morgan fingerprint density at radius 1 is 1.10 bits per heavy atom. The van der Waals surface area contributed by atoms with Crippen molar-refractivity contribution in [2.24, 2.45) is 10.4 Å². The van der Waals surface area contributed by atoms with Crippen molar-refractivity contribution in [3.63, 3.8) is 0 Å². The third kappa shape index (κ3) is 4.66. The zero-order valence-corrected chi connectivity index (χ0v) is 18.2. The van der Waals surface area contributed by atoms with E-state index >= 15 is 0 Å². The van der Waals surface area contributed by atoms with Gasteiger partial charge >= 0.3 is 0 Å². The highest BCUT2D eigenvalue weighted by atomic mass is 35.5. The third-order valence-electron chi connectivity index (χ3n) is 6.21. The molecule has 5 heteroatoms. The number of hydrogen-bond donors (Lipinski definition) is 2. The molecule has 1 fully saturated rings. The van der Waals surface area contributed by atoms with Crippen LogP contribution in [0.4, 0.5) is 5.69 Å². The summed E-state index contributed by atoms with van der Waals surface area (Å²) in [4.78, 5) is 7.36. The van der Waals surface area contributed by atoms with Crippen molar-refractivity contribution < 1.29 is 0 Å². The molecule has 2 aromatic carbocycles. The van der Waals surface area contributed by atoms with Crippen LogP contribution in [0.25, 0.3) is 0 Å². The van der Waals surface area contributed by atoms with Crippen LogP contribution in [0.2, 0.25) is 5.02 Å². The van der Waals surface area contributed by atoms with Crippen LogP contribution in [-0.2, 0) is 19.4 Å². The van der Waals surface area contributed by atoms with E-state index in [1.807, 2.05) is 18.2 Å². The number of hydrogen-bond acceptors (Lipinski definition) is 3. The lowest BCUT2D eigenvalue weighted by Gasteiger charge is -2.43. The number of nitrogens with zero attached hydrogens (tertiary/aromatic N) is 2. The predicted octanol–water partition coefficient (Wildman–Crippen LogP) is 4.38. The fourth-order valence-electron chi connectivity index (χ4n) is 4.54. The molecule has 1 spiro atoms. The zero-order valence-electron chi connectivity index (χ0n) is 17.5. The number of rotatable bonds is 5. The van der Waals surface area contributed by atoms with Crippen LogP contribution >= 0.6 is 11.6 Å². The molecule has 0 amide bonds. The van der Waals surface area contributed by atoms with Gasteiger partial charge in [-0.3, -0.25) is 4.99 Å². The molecular weight excluding hydrogens is 380 g/mol. The monoisotopic (exact) mass is 410 g/mol. The van der Waals surface area contributed by atoms with Crippen LogP contribution in [-0.4, -0.2) is 44.5 Å². The van der Waals surface area contributed by atoms with Crippen molar-refractivity contribution in [1.29, 1.82) is 0 Å². The molecule has 0 saturated carbocycles. The Morgan fingerprint density at radius 3 is 2.66 bits per heavy atom. The minimum absolute atomic E-state index is 0.108. The van der Waals surface area contributed by atoms with E-state index in [-0.39, 0.29) is 5.41 Å². The number of anilines is 1. The van der Waals surface area contributed by atoms with E-state index in [2.05, 4.69) is 53.9 Å². The van der Waals surface area contributed by atoms with Gasteiger partial charge in [-0.2, -0.15) is 0 Å². The van der Waals surface area contributed by atoms with E-state index in [0.29, 0.717) is 6.54 Å². The standard InChI is InChI=1S/C24H31ClN4/c1-29(2)14-9-19-6-4-7-20-16-24(10-12-26-13-11-24)23(28-22(19)20)27-17-18-5-3-8-21(25)15-18/h3-8,15,26H,9-14,16-17H2,1-2H3,(H,27,28). The summed E-state index contributed by atoms with van der Waals surface area (Å²) in [6.45, 7) is 3.80. The van der Waals surface area contributed by atoms with Gasteiger partial charge in [-0.05, 0) is 81.7 Å². The molecule has 0 aromatic heterocycles. The average molecular weight is 411 g/mol. The quantitative estimate of drug-likeness (QED) is 0.768. The maximum atomic E-state index is 6.18. The van der Waals surface area contributed by atoms with Crippen LogP contribution in [0, 0.1) is 5.41 Å². The van der Waals surface area contributed by atoms with Crippen LogP contribution < -0.4 is 10.6 Å². The second-order valence-electron chi connectivity index (χ2n) is 8.63. The summed E-state index contributed by atoms with van der Waals surface area (Å²) in [6, 6.07) is 14.8. The number of halogens is 1. The molecule has 0 atom stereocenters. The van der Waals surface area contributed by atoms with Crippen LogP contribution in [0.5, 0.6) is 0 Å². The van der Waals surface area contributed by atoms with Gasteiger partial charge in [-0.15, -0.1) is 0 Å². The largest absolute Gasteiger partial charge is 0.343 e. The molecule has 2 heterocycles. The second kappa shape index (κ2) is 8.86. The number of benzene rings is 2. The topological polar surface area (TPSA) is 39.7 Å². The Kier molecular flexibility index (Phi) is 6.23. The molecule has 154 valence electrons. The minimum atomic E-state index is 0.108. The van der Waals surface area contributed by atoms with Gasteiger partial charge in [-0.25, -0.2) is 0 Å². The predicted molar refractivity (Wildman–Crippen MR) is 123 cm³/mol. The highest BCUT2D eigenvalue weighted by Gasteiger charge is 2.41. The molecule has 0 aliphatic carbocycles. The molecule has 0 bridgehead atoms. The maximum absolute atomic E-state index is 6.18. The van der Waals surface area contributed by atoms with Crippen molar-refractivity contribution in [3.8, 4) is 0 Å².